The van der Waals surface area contributed by atoms with Gasteiger partial charge in [-0.2, -0.15) is 0 Å². The molecule has 5 heteroatoms. The van der Waals surface area contributed by atoms with E-state index in [9.17, 15) is 4.79 Å². The smallest absolute Gasteiger partial charge is 0.216 e. The molecule has 0 aliphatic heterocycles. The van der Waals surface area contributed by atoms with Crippen LogP contribution in [0.5, 0.6) is 11.6 Å². The molecule has 0 fully saturated rings. The molecular weight excluding hydrogens is 290 g/mol. The monoisotopic (exact) mass is 305 g/mol. The minimum Gasteiger partial charge on any atom is -0.492 e. The number of halogens is 1. The van der Waals surface area contributed by atoms with Crippen LogP contribution in [0.25, 0.3) is 0 Å². The minimum absolute atomic E-state index is 0.210. The van der Waals surface area contributed by atoms with Gasteiger partial charge in [-0.1, -0.05) is 17.7 Å². The molecule has 0 N–H and O–H groups in total. The molecule has 0 radical (unpaired) electrons. The Kier molecular flexibility index (Phi) is 4.81. The Balaban J connectivity index is 2.34. The fourth-order valence-corrected chi connectivity index (χ4v) is 2.14. The van der Waals surface area contributed by atoms with E-state index in [0.29, 0.717) is 34.5 Å². The van der Waals surface area contributed by atoms with Gasteiger partial charge in [-0.05, 0) is 38.1 Å². The number of hydrogen-bond donors (Lipinski definition) is 0. The summed E-state index contributed by atoms with van der Waals surface area (Å²) in [5, 5.41) is 0.404. The quantitative estimate of drug-likeness (QED) is 0.791. The Morgan fingerprint density at radius 3 is 2.67 bits per heavy atom. The summed E-state index contributed by atoms with van der Waals surface area (Å²) in [6.07, 6.45) is 0. The third kappa shape index (κ3) is 3.34. The van der Waals surface area contributed by atoms with Gasteiger partial charge in [0.05, 0.1) is 18.7 Å². The predicted octanol–water partition coefficient (Wildman–Crippen LogP) is 3.68. The van der Waals surface area contributed by atoms with E-state index in [2.05, 4.69) is 4.98 Å². The molecule has 0 amide bonds. The first kappa shape index (κ1) is 15.3. The van der Waals surface area contributed by atoms with Crippen LogP contribution >= 0.6 is 11.6 Å². The number of benzene rings is 1. The number of pyridine rings is 1. The Labute approximate surface area is 128 Å². The van der Waals surface area contributed by atoms with Gasteiger partial charge in [-0.15, -0.1) is 0 Å². The van der Waals surface area contributed by atoms with E-state index in [0.717, 1.165) is 5.56 Å². The number of nitrogens with zero attached hydrogens (tertiary/aromatic N) is 1. The maximum Gasteiger partial charge on any atom is 0.216 e. The van der Waals surface area contributed by atoms with Crippen LogP contribution in [-0.4, -0.2) is 24.5 Å². The summed E-state index contributed by atoms with van der Waals surface area (Å²) in [6, 6.07) is 8.42. The minimum atomic E-state index is -0.210. The van der Waals surface area contributed by atoms with Crippen LogP contribution in [0.4, 0.5) is 0 Å². The molecular formula is C16H16ClNO3. The zero-order chi connectivity index (χ0) is 15.4. The van der Waals surface area contributed by atoms with E-state index in [-0.39, 0.29) is 5.78 Å². The number of rotatable bonds is 5. The molecule has 2 aromatic rings. The van der Waals surface area contributed by atoms with Gasteiger partial charge in [-0.3, -0.25) is 4.79 Å². The topological polar surface area (TPSA) is 48.4 Å². The molecule has 0 unspecified atom stereocenters. The van der Waals surface area contributed by atoms with Crippen LogP contribution < -0.4 is 9.47 Å². The van der Waals surface area contributed by atoms with Crippen molar-refractivity contribution in [1.82, 2.24) is 4.98 Å². The third-order valence-electron chi connectivity index (χ3n) is 2.97. The van der Waals surface area contributed by atoms with Crippen LogP contribution in [0, 0.1) is 6.92 Å². The average Bonchev–Trinajstić information content (AvgIpc) is 2.49. The van der Waals surface area contributed by atoms with Gasteiger partial charge in [0, 0.05) is 11.1 Å². The number of ketones is 1. The van der Waals surface area contributed by atoms with Crippen LogP contribution in [0.3, 0.4) is 0 Å². The van der Waals surface area contributed by atoms with Crippen molar-refractivity contribution >= 4 is 17.4 Å². The van der Waals surface area contributed by atoms with E-state index >= 15 is 0 Å². The first-order valence-electron chi connectivity index (χ1n) is 6.55. The highest BCUT2D eigenvalue weighted by atomic mass is 35.5. The molecule has 4 nitrogen and oxygen atoms in total. The molecule has 110 valence electrons. The van der Waals surface area contributed by atoms with Crippen molar-refractivity contribution in [3.8, 4) is 11.6 Å². The highest BCUT2D eigenvalue weighted by Gasteiger charge is 2.14. The molecule has 1 aromatic carbocycles. The van der Waals surface area contributed by atoms with E-state index < -0.39 is 0 Å². The van der Waals surface area contributed by atoms with Crippen molar-refractivity contribution in [2.45, 2.75) is 13.8 Å². The molecule has 1 aromatic heterocycles. The summed E-state index contributed by atoms with van der Waals surface area (Å²) >= 11 is 6.10. The average molecular weight is 306 g/mol. The maximum absolute atomic E-state index is 12.4. The number of methoxy groups -OCH3 is 1. The van der Waals surface area contributed by atoms with Gasteiger partial charge in [0.1, 0.15) is 11.4 Å². The van der Waals surface area contributed by atoms with Crippen molar-refractivity contribution in [3.63, 3.8) is 0 Å². The zero-order valence-electron chi connectivity index (χ0n) is 12.1. The second kappa shape index (κ2) is 6.59. The van der Waals surface area contributed by atoms with Crippen molar-refractivity contribution in [2.24, 2.45) is 0 Å². The van der Waals surface area contributed by atoms with Crippen LogP contribution in [0.1, 0.15) is 28.5 Å². The highest BCUT2D eigenvalue weighted by molar-refractivity contribution is 6.32. The van der Waals surface area contributed by atoms with Gasteiger partial charge >= 0.3 is 0 Å². The van der Waals surface area contributed by atoms with Gasteiger partial charge in [-0.25, -0.2) is 4.98 Å². The number of aromatic nitrogens is 1. The second-order valence-corrected chi connectivity index (χ2v) is 4.84. The van der Waals surface area contributed by atoms with E-state index in [4.69, 9.17) is 21.1 Å². The largest absolute Gasteiger partial charge is 0.492 e. The Hall–Kier alpha value is -2.07. The van der Waals surface area contributed by atoms with Crippen LogP contribution in [0.2, 0.25) is 5.02 Å². The Bertz CT molecular complexity index is 671. The SMILES string of the molecule is CCOc1ccc(C(=O)c2ccc(C)c(OC)n2)cc1Cl. The summed E-state index contributed by atoms with van der Waals surface area (Å²) in [6.45, 7) is 4.26. The molecule has 0 spiro atoms. The molecule has 21 heavy (non-hydrogen) atoms. The second-order valence-electron chi connectivity index (χ2n) is 4.43. The van der Waals surface area contributed by atoms with Crippen LogP contribution in [0.15, 0.2) is 30.3 Å². The fourth-order valence-electron chi connectivity index (χ4n) is 1.91. The third-order valence-corrected chi connectivity index (χ3v) is 3.27. The highest BCUT2D eigenvalue weighted by Crippen LogP contribution is 2.26. The predicted molar refractivity (Wildman–Crippen MR) is 81.6 cm³/mol. The Morgan fingerprint density at radius 1 is 1.29 bits per heavy atom. The van der Waals surface area contributed by atoms with Crippen molar-refractivity contribution in [3.05, 3.63) is 52.2 Å². The summed E-state index contributed by atoms with van der Waals surface area (Å²) < 4.78 is 10.5. The fraction of sp³-hybridized carbons (Fsp3) is 0.250. The van der Waals surface area contributed by atoms with Gasteiger partial charge < -0.3 is 9.47 Å². The number of ether oxygens (including phenoxy) is 2. The zero-order valence-corrected chi connectivity index (χ0v) is 12.9. The lowest BCUT2D eigenvalue weighted by Crippen LogP contribution is -2.06. The van der Waals surface area contributed by atoms with Crippen molar-refractivity contribution in [1.29, 1.82) is 0 Å². The van der Waals surface area contributed by atoms with E-state index in [1.165, 1.54) is 7.11 Å². The lowest BCUT2D eigenvalue weighted by Gasteiger charge is -2.08. The first-order valence-corrected chi connectivity index (χ1v) is 6.93. The molecule has 2 rings (SSSR count). The molecule has 0 aliphatic carbocycles. The summed E-state index contributed by atoms with van der Waals surface area (Å²) in [5.74, 6) is 0.793. The number of carbonyl (C=O) groups excluding carboxylic acids is 1. The van der Waals surface area contributed by atoms with Gasteiger partial charge in [0.25, 0.3) is 0 Å². The van der Waals surface area contributed by atoms with Crippen molar-refractivity contribution in [2.75, 3.05) is 13.7 Å². The lowest BCUT2D eigenvalue weighted by molar-refractivity contribution is 0.103. The number of hydrogen-bond acceptors (Lipinski definition) is 4. The van der Waals surface area contributed by atoms with Gasteiger partial charge in [0.15, 0.2) is 0 Å². The lowest BCUT2D eigenvalue weighted by atomic mass is 10.1. The molecule has 0 saturated carbocycles. The Morgan fingerprint density at radius 2 is 2.05 bits per heavy atom. The standard InChI is InChI=1S/C16H16ClNO3/c1-4-21-14-8-6-11(9-12(14)17)15(19)13-7-5-10(2)16(18-13)20-3/h5-9H,4H2,1-3H3. The number of aryl methyl sites for hydroxylation is 1. The maximum atomic E-state index is 12.4. The first-order chi connectivity index (χ1) is 10.1. The summed E-state index contributed by atoms with van der Waals surface area (Å²) in [7, 11) is 1.53. The summed E-state index contributed by atoms with van der Waals surface area (Å²) in [4.78, 5) is 16.6. The summed E-state index contributed by atoms with van der Waals surface area (Å²) in [5.41, 5.74) is 1.65. The van der Waals surface area contributed by atoms with E-state index in [1.54, 1.807) is 30.3 Å². The molecule has 1 heterocycles. The number of carbonyl (C=O) groups is 1. The molecule has 0 bridgehead atoms. The molecule has 0 aliphatic rings. The molecule has 0 atom stereocenters. The van der Waals surface area contributed by atoms with Crippen LogP contribution in [-0.2, 0) is 0 Å². The molecule has 0 saturated heterocycles. The van der Waals surface area contributed by atoms with Crippen molar-refractivity contribution < 1.29 is 14.3 Å². The normalized spacial score (nSPS) is 10.3. The van der Waals surface area contributed by atoms with E-state index in [1.807, 2.05) is 13.8 Å². The van der Waals surface area contributed by atoms with Gasteiger partial charge in [0.2, 0.25) is 11.7 Å².